The predicted molar refractivity (Wildman–Crippen MR) is 147 cm³/mol. The average Bonchev–Trinajstić information content (AvgIpc) is 3.47. The average molecular weight is 489 g/mol. The van der Waals surface area contributed by atoms with Crippen molar-refractivity contribution in [3.63, 3.8) is 0 Å². The van der Waals surface area contributed by atoms with Crippen LogP contribution in [0.4, 0.5) is 5.82 Å². The van der Waals surface area contributed by atoms with Gasteiger partial charge in [-0.15, -0.1) is 0 Å². The zero-order valence-corrected chi connectivity index (χ0v) is 21.0. The number of benzene rings is 3. The molecule has 1 unspecified atom stereocenters. The molecular weight excluding hydrogens is 460 g/mol. The molecule has 37 heavy (non-hydrogen) atoms. The summed E-state index contributed by atoms with van der Waals surface area (Å²) in [5.41, 5.74) is 5.26. The van der Waals surface area contributed by atoms with E-state index in [0.717, 1.165) is 64.4 Å². The summed E-state index contributed by atoms with van der Waals surface area (Å²) in [6.45, 7) is 1.77. The molecule has 0 saturated carbocycles. The Hall–Kier alpha value is -4.45. The van der Waals surface area contributed by atoms with Gasteiger partial charge in [0.2, 0.25) is 0 Å². The minimum atomic E-state index is 0.365. The summed E-state index contributed by atoms with van der Waals surface area (Å²) in [6, 6.07) is 26.8. The maximum absolute atomic E-state index is 5.67. The molecule has 0 radical (unpaired) electrons. The molecule has 184 valence electrons. The van der Waals surface area contributed by atoms with Gasteiger partial charge in [0.25, 0.3) is 0 Å². The molecule has 0 N–H and O–H groups in total. The summed E-state index contributed by atoms with van der Waals surface area (Å²) >= 11 is 0. The standard InChI is InChI=1S/C31H28N4O2/c1-36-25-9-5-7-21(17-25)22-12-13-28-27(18-22)31(34-30(33-28)23-8-6-15-32-19-23)35-16-14-24(20-35)26-10-3-4-11-29(26)37-2/h3-13,15,17-19,24H,14,16,20H2,1-2H3. The Balaban J connectivity index is 1.46. The highest BCUT2D eigenvalue weighted by molar-refractivity contribution is 5.94. The number of anilines is 1. The number of pyridine rings is 1. The first-order valence-corrected chi connectivity index (χ1v) is 12.5. The molecule has 0 bridgehead atoms. The van der Waals surface area contributed by atoms with Gasteiger partial charge in [-0.3, -0.25) is 4.98 Å². The van der Waals surface area contributed by atoms with Crippen LogP contribution in [0.1, 0.15) is 17.9 Å². The predicted octanol–water partition coefficient (Wildman–Crippen LogP) is 6.37. The second-order valence-electron chi connectivity index (χ2n) is 9.25. The van der Waals surface area contributed by atoms with E-state index < -0.39 is 0 Å². The van der Waals surface area contributed by atoms with Crippen LogP contribution in [-0.4, -0.2) is 42.3 Å². The Morgan fingerprint density at radius 2 is 1.68 bits per heavy atom. The SMILES string of the molecule is COc1cccc(-c2ccc3nc(-c4cccnc4)nc(N4CCC(c5ccccc5OC)C4)c3c2)c1. The summed E-state index contributed by atoms with van der Waals surface area (Å²) in [5, 5.41) is 1.04. The first-order chi connectivity index (χ1) is 18.2. The van der Waals surface area contributed by atoms with Crippen LogP contribution in [0.5, 0.6) is 11.5 Å². The monoisotopic (exact) mass is 488 g/mol. The molecule has 5 aromatic rings. The van der Waals surface area contributed by atoms with Crippen molar-refractivity contribution in [3.8, 4) is 34.0 Å². The van der Waals surface area contributed by atoms with Crippen molar-refractivity contribution in [2.24, 2.45) is 0 Å². The number of rotatable bonds is 6. The fourth-order valence-corrected chi connectivity index (χ4v) is 5.17. The van der Waals surface area contributed by atoms with Crippen LogP contribution in [-0.2, 0) is 0 Å². The lowest BCUT2D eigenvalue weighted by Crippen LogP contribution is -2.21. The Bertz CT molecular complexity index is 1550. The van der Waals surface area contributed by atoms with E-state index in [0.29, 0.717) is 11.7 Å². The van der Waals surface area contributed by atoms with E-state index in [9.17, 15) is 0 Å². The molecular formula is C31H28N4O2. The Kier molecular flexibility index (Phi) is 6.15. The maximum Gasteiger partial charge on any atom is 0.163 e. The molecule has 0 aliphatic carbocycles. The van der Waals surface area contributed by atoms with E-state index in [1.54, 1.807) is 20.4 Å². The molecule has 1 aliphatic rings. The van der Waals surface area contributed by atoms with Crippen LogP contribution in [0.25, 0.3) is 33.4 Å². The molecule has 3 aromatic carbocycles. The van der Waals surface area contributed by atoms with Crippen molar-refractivity contribution in [2.45, 2.75) is 12.3 Å². The number of methoxy groups -OCH3 is 2. The highest BCUT2D eigenvalue weighted by atomic mass is 16.5. The molecule has 1 aliphatic heterocycles. The quantitative estimate of drug-likeness (QED) is 0.277. The number of nitrogens with zero attached hydrogens (tertiary/aromatic N) is 4. The number of hydrogen-bond acceptors (Lipinski definition) is 6. The third-order valence-corrected chi connectivity index (χ3v) is 7.06. The van der Waals surface area contributed by atoms with Crippen molar-refractivity contribution in [1.29, 1.82) is 0 Å². The van der Waals surface area contributed by atoms with E-state index in [1.807, 2.05) is 42.6 Å². The number of fused-ring (bicyclic) bond motifs is 1. The van der Waals surface area contributed by atoms with Gasteiger partial charge in [-0.05, 0) is 65.6 Å². The van der Waals surface area contributed by atoms with Crippen molar-refractivity contribution in [1.82, 2.24) is 15.0 Å². The fourth-order valence-electron chi connectivity index (χ4n) is 5.17. The summed E-state index contributed by atoms with van der Waals surface area (Å²) < 4.78 is 11.1. The second kappa shape index (κ2) is 9.90. The van der Waals surface area contributed by atoms with Gasteiger partial charge < -0.3 is 14.4 Å². The third-order valence-electron chi connectivity index (χ3n) is 7.06. The number of ether oxygens (including phenoxy) is 2. The molecule has 3 heterocycles. The lowest BCUT2D eigenvalue weighted by atomic mass is 9.97. The molecule has 6 rings (SSSR count). The van der Waals surface area contributed by atoms with Gasteiger partial charge in [0.1, 0.15) is 17.3 Å². The minimum absolute atomic E-state index is 0.365. The number of hydrogen-bond donors (Lipinski definition) is 0. The topological polar surface area (TPSA) is 60.4 Å². The third kappa shape index (κ3) is 4.47. The van der Waals surface area contributed by atoms with E-state index in [2.05, 4.69) is 52.3 Å². The van der Waals surface area contributed by atoms with Crippen LogP contribution < -0.4 is 14.4 Å². The minimum Gasteiger partial charge on any atom is -0.497 e. The second-order valence-corrected chi connectivity index (χ2v) is 9.25. The molecule has 6 heteroatoms. The van der Waals surface area contributed by atoms with Crippen molar-refractivity contribution in [3.05, 3.63) is 96.8 Å². The molecule has 0 amide bonds. The summed E-state index contributed by atoms with van der Waals surface area (Å²) in [5.74, 6) is 3.78. The van der Waals surface area contributed by atoms with Crippen molar-refractivity contribution in [2.75, 3.05) is 32.2 Å². The lowest BCUT2D eigenvalue weighted by molar-refractivity contribution is 0.406. The van der Waals surface area contributed by atoms with Gasteiger partial charge in [-0.25, -0.2) is 9.97 Å². The highest BCUT2D eigenvalue weighted by Gasteiger charge is 2.28. The van der Waals surface area contributed by atoms with Gasteiger partial charge in [-0.2, -0.15) is 0 Å². The first-order valence-electron chi connectivity index (χ1n) is 12.5. The van der Waals surface area contributed by atoms with Gasteiger partial charge in [0, 0.05) is 42.4 Å². The van der Waals surface area contributed by atoms with Crippen LogP contribution in [0.2, 0.25) is 0 Å². The fraction of sp³-hybridized carbons (Fsp3) is 0.194. The van der Waals surface area contributed by atoms with E-state index in [-0.39, 0.29) is 0 Å². The van der Waals surface area contributed by atoms with E-state index >= 15 is 0 Å². The summed E-state index contributed by atoms with van der Waals surface area (Å²) in [6.07, 6.45) is 4.62. The molecule has 0 spiro atoms. The van der Waals surface area contributed by atoms with Gasteiger partial charge in [0.05, 0.1) is 19.7 Å². The van der Waals surface area contributed by atoms with Crippen molar-refractivity contribution < 1.29 is 9.47 Å². The van der Waals surface area contributed by atoms with Gasteiger partial charge in [-0.1, -0.05) is 36.4 Å². The van der Waals surface area contributed by atoms with Crippen LogP contribution in [0, 0.1) is 0 Å². The first kappa shape index (κ1) is 23.0. The van der Waals surface area contributed by atoms with Crippen molar-refractivity contribution >= 4 is 16.7 Å². The molecule has 2 aromatic heterocycles. The maximum atomic E-state index is 5.67. The summed E-state index contributed by atoms with van der Waals surface area (Å²) in [4.78, 5) is 16.7. The van der Waals surface area contributed by atoms with Crippen LogP contribution >= 0.6 is 0 Å². The molecule has 1 atom stereocenters. The number of aromatic nitrogens is 3. The Morgan fingerprint density at radius 1 is 0.811 bits per heavy atom. The van der Waals surface area contributed by atoms with E-state index in [1.165, 1.54) is 5.56 Å². The highest BCUT2D eigenvalue weighted by Crippen LogP contribution is 2.38. The normalized spacial score (nSPS) is 15.2. The molecule has 1 fully saturated rings. The molecule has 1 saturated heterocycles. The Morgan fingerprint density at radius 3 is 2.51 bits per heavy atom. The number of para-hydroxylation sites is 1. The molecule has 6 nitrogen and oxygen atoms in total. The zero-order valence-electron chi connectivity index (χ0n) is 21.0. The smallest absolute Gasteiger partial charge is 0.163 e. The lowest BCUT2D eigenvalue weighted by Gasteiger charge is -2.21. The van der Waals surface area contributed by atoms with Crippen LogP contribution in [0.3, 0.4) is 0 Å². The largest absolute Gasteiger partial charge is 0.497 e. The van der Waals surface area contributed by atoms with E-state index in [4.69, 9.17) is 19.4 Å². The zero-order chi connectivity index (χ0) is 25.2. The summed E-state index contributed by atoms with van der Waals surface area (Å²) in [7, 11) is 3.43. The van der Waals surface area contributed by atoms with Gasteiger partial charge >= 0.3 is 0 Å². The Labute approximate surface area is 216 Å². The van der Waals surface area contributed by atoms with Crippen LogP contribution in [0.15, 0.2) is 91.3 Å². The van der Waals surface area contributed by atoms with Gasteiger partial charge in [0.15, 0.2) is 5.82 Å².